The molecule has 0 atom stereocenters. The summed E-state index contributed by atoms with van der Waals surface area (Å²) in [5.74, 6) is 0.756. The van der Waals surface area contributed by atoms with Crippen molar-refractivity contribution in [1.82, 2.24) is 15.4 Å². The van der Waals surface area contributed by atoms with Gasteiger partial charge in [-0.15, -0.1) is 24.0 Å². The van der Waals surface area contributed by atoms with Gasteiger partial charge in [-0.05, 0) is 12.8 Å². The Morgan fingerprint density at radius 3 is 2.76 bits per heavy atom. The van der Waals surface area contributed by atoms with Crippen molar-refractivity contribution in [2.24, 2.45) is 4.99 Å². The van der Waals surface area contributed by atoms with Crippen LogP contribution in [0, 0.1) is 0 Å². The summed E-state index contributed by atoms with van der Waals surface area (Å²) < 4.78 is 4.82. The third kappa shape index (κ3) is 5.46. The van der Waals surface area contributed by atoms with E-state index in [9.17, 15) is 5.11 Å². The molecule has 0 radical (unpaired) electrons. The molecule has 2 N–H and O–H groups in total. The van der Waals surface area contributed by atoms with E-state index in [1.807, 2.05) is 18.0 Å². The Morgan fingerprint density at radius 1 is 1.48 bits per heavy atom. The van der Waals surface area contributed by atoms with Crippen LogP contribution in [0.15, 0.2) is 21.8 Å². The number of aliphatic imine (C=N–C) groups is 1. The Kier molecular flexibility index (Phi) is 7.44. The van der Waals surface area contributed by atoms with Gasteiger partial charge in [0.05, 0.1) is 12.1 Å². The quantitative estimate of drug-likeness (QED) is 0.453. The van der Waals surface area contributed by atoms with Gasteiger partial charge in [-0.1, -0.05) is 24.4 Å². The van der Waals surface area contributed by atoms with Gasteiger partial charge in [-0.2, -0.15) is 0 Å². The first kappa shape index (κ1) is 18.2. The van der Waals surface area contributed by atoms with Crippen molar-refractivity contribution in [3.63, 3.8) is 0 Å². The van der Waals surface area contributed by atoms with Gasteiger partial charge in [0, 0.05) is 26.7 Å². The van der Waals surface area contributed by atoms with Crippen LogP contribution in [0.1, 0.15) is 37.8 Å². The Balaban J connectivity index is 0.00000220. The maximum atomic E-state index is 10.5. The second-order valence-corrected chi connectivity index (χ2v) is 5.53. The summed E-state index contributed by atoms with van der Waals surface area (Å²) in [6.45, 7) is 1.16. The minimum absolute atomic E-state index is 0. The topological polar surface area (TPSA) is 73.9 Å². The number of hydrogen-bond acceptors (Lipinski definition) is 4. The average molecular weight is 408 g/mol. The summed E-state index contributed by atoms with van der Waals surface area (Å²) in [5, 5.41) is 17.6. The first-order chi connectivity index (χ1) is 9.63. The molecule has 6 nitrogen and oxygen atoms in total. The van der Waals surface area contributed by atoms with E-state index in [0.717, 1.165) is 37.3 Å². The highest BCUT2D eigenvalue weighted by atomic mass is 127. The van der Waals surface area contributed by atoms with E-state index < -0.39 is 5.60 Å². The minimum atomic E-state index is -0.594. The van der Waals surface area contributed by atoms with Crippen molar-refractivity contribution >= 4 is 29.9 Å². The van der Waals surface area contributed by atoms with E-state index in [-0.39, 0.29) is 24.0 Å². The van der Waals surface area contributed by atoms with Crippen molar-refractivity contribution in [3.8, 4) is 0 Å². The molecule has 1 saturated carbocycles. The van der Waals surface area contributed by atoms with Crippen LogP contribution in [0.5, 0.6) is 0 Å². The Labute approximate surface area is 143 Å². The van der Waals surface area contributed by atoms with Crippen LogP contribution >= 0.6 is 24.0 Å². The lowest BCUT2D eigenvalue weighted by Gasteiger charge is -2.33. The zero-order valence-electron chi connectivity index (χ0n) is 12.7. The summed E-state index contributed by atoms with van der Waals surface area (Å²) in [7, 11) is 3.68. The van der Waals surface area contributed by atoms with Crippen LogP contribution in [0.3, 0.4) is 0 Å². The van der Waals surface area contributed by atoms with Crippen molar-refractivity contribution in [2.45, 2.75) is 44.2 Å². The summed E-state index contributed by atoms with van der Waals surface area (Å²) in [6, 6.07) is 1.83. The van der Waals surface area contributed by atoms with Crippen molar-refractivity contribution in [3.05, 3.63) is 18.0 Å². The lowest BCUT2D eigenvalue weighted by atomic mass is 9.85. The van der Waals surface area contributed by atoms with Gasteiger partial charge in [-0.25, -0.2) is 0 Å². The molecule has 2 rings (SSSR count). The normalized spacial score (nSPS) is 18.0. The highest BCUT2D eigenvalue weighted by molar-refractivity contribution is 14.0. The van der Waals surface area contributed by atoms with Gasteiger partial charge >= 0.3 is 0 Å². The molecular formula is C14H25IN4O2. The van der Waals surface area contributed by atoms with Crippen LogP contribution in [0.2, 0.25) is 0 Å². The number of rotatable bonds is 4. The lowest BCUT2D eigenvalue weighted by Crippen LogP contribution is -2.48. The maximum absolute atomic E-state index is 10.5. The maximum Gasteiger partial charge on any atom is 0.193 e. The average Bonchev–Trinajstić information content (AvgIpc) is 2.93. The second-order valence-electron chi connectivity index (χ2n) is 5.53. The fraction of sp³-hybridized carbons (Fsp3) is 0.714. The highest BCUT2D eigenvalue weighted by Crippen LogP contribution is 2.27. The van der Waals surface area contributed by atoms with E-state index >= 15 is 0 Å². The molecule has 120 valence electrons. The number of aromatic nitrogens is 1. The van der Waals surface area contributed by atoms with Crippen LogP contribution in [-0.2, 0) is 6.54 Å². The lowest BCUT2D eigenvalue weighted by molar-refractivity contribution is 0.00818. The second kappa shape index (κ2) is 8.57. The molecule has 7 heteroatoms. The van der Waals surface area contributed by atoms with Gasteiger partial charge in [0.25, 0.3) is 0 Å². The monoisotopic (exact) mass is 408 g/mol. The largest absolute Gasteiger partial charge is 0.388 e. The third-order valence-electron chi connectivity index (χ3n) is 3.82. The van der Waals surface area contributed by atoms with Crippen LogP contribution < -0.4 is 5.32 Å². The van der Waals surface area contributed by atoms with E-state index in [1.165, 1.54) is 6.42 Å². The summed E-state index contributed by atoms with van der Waals surface area (Å²) in [5.41, 5.74) is 0.259. The fourth-order valence-corrected chi connectivity index (χ4v) is 2.65. The highest BCUT2D eigenvalue weighted by Gasteiger charge is 2.29. The van der Waals surface area contributed by atoms with Gasteiger partial charge in [0.2, 0.25) is 0 Å². The fourth-order valence-electron chi connectivity index (χ4n) is 2.65. The number of nitrogens with zero attached hydrogens (tertiary/aromatic N) is 3. The molecule has 1 aliphatic carbocycles. The van der Waals surface area contributed by atoms with Crippen LogP contribution in [0.4, 0.5) is 0 Å². The summed E-state index contributed by atoms with van der Waals surface area (Å²) in [4.78, 5) is 6.21. The predicted molar refractivity (Wildman–Crippen MR) is 92.8 cm³/mol. The molecule has 0 saturated heterocycles. The Hall–Kier alpha value is -0.830. The van der Waals surface area contributed by atoms with Crippen molar-refractivity contribution < 1.29 is 9.63 Å². The third-order valence-corrected chi connectivity index (χ3v) is 3.82. The number of hydrogen-bond donors (Lipinski definition) is 2. The van der Waals surface area contributed by atoms with E-state index in [2.05, 4.69) is 15.5 Å². The van der Waals surface area contributed by atoms with Gasteiger partial charge in [-0.3, -0.25) is 4.99 Å². The zero-order chi connectivity index (χ0) is 14.4. The van der Waals surface area contributed by atoms with Gasteiger partial charge in [0.1, 0.15) is 12.0 Å². The Bertz CT molecular complexity index is 430. The molecule has 0 amide bonds. The molecule has 1 fully saturated rings. The van der Waals surface area contributed by atoms with E-state index in [0.29, 0.717) is 13.1 Å². The van der Waals surface area contributed by atoms with Crippen molar-refractivity contribution in [2.75, 3.05) is 20.6 Å². The molecule has 1 aliphatic rings. The number of halogens is 1. The van der Waals surface area contributed by atoms with Gasteiger partial charge in [0.15, 0.2) is 5.96 Å². The predicted octanol–water partition coefficient (Wildman–Crippen LogP) is 1.99. The van der Waals surface area contributed by atoms with Gasteiger partial charge < -0.3 is 19.8 Å². The first-order valence-electron chi connectivity index (χ1n) is 7.16. The van der Waals surface area contributed by atoms with Crippen LogP contribution in [-0.4, -0.2) is 47.4 Å². The standard InChI is InChI=1S/C14H24N4O2.HI/c1-15-13(18(2)10-12-6-9-20-17-12)16-11-14(19)7-4-3-5-8-14;/h6,9,19H,3-5,7-8,10-11H2,1-2H3,(H,15,16);1H. The molecule has 0 spiro atoms. The smallest absolute Gasteiger partial charge is 0.193 e. The van der Waals surface area contributed by atoms with E-state index in [4.69, 9.17) is 4.52 Å². The minimum Gasteiger partial charge on any atom is -0.388 e. The van der Waals surface area contributed by atoms with E-state index in [1.54, 1.807) is 13.3 Å². The summed E-state index contributed by atoms with van der Waals surface area (Å²) >= 11 is 0. The molecule has 1 aromatic rings. The van der Waals surface area contributed by atoms with Crippen LogP contribution in [0.25, 0.3) is 0 Å². The number of aliphatic hydroxyl groups is 1. The Morgan fingerprint density at radius 2 is 2.19 bits per heavy atom. The molecule has 1 heterocycles. The molecule has 0 aromatic carbocycles. The summed E-state index contributed by atoms with van der Waals surface area (Å²) in [6.07, 6.45) is 6.72. The van der Waals surface area contributed by atoms with Crippen molar-refractivity contribution in [1.29, 1.82) is 0 Å². The zero-order valence-corrected chi connectivity index (χ0v) is 15.0. The number of nitrogens with one attached hydrogen (secondary N) is 1. The first-order valence-corrected chi connectivity index (χ1v) is 7.16. The molecule has 0 unspecified atom stereocenters. The molecule has 0 bridgehead atoms. The molecule has 1 aromatic heterocycles. The molecule has 21 heavy (non-hydrogen) atoms. The number of guanidine groups is 1. The molecular weight excluding hydrogens is 383 g/mol. The molecule has 0 aliphatic heterocycles. The SMILES string of the molecule is CN=C(NCC1(O)CCCCC1)N(C)Cc1ccon1.I.